The van der Waals surface area contributed by atoms with Crippen molar-refractivity contribution in [2.75, 3.05) is 63.6 Å². The molecule has 13 heteroatoms. The van der Waals surface area contributed by atoms with Gasteiger partial charge in [0.15, 0.2) is 6.39 Å². The number of carbonyl (C=O) groups excluding carboxylic acids is 1. The van der Waals surface area contributed by atoms with E-state index >= 15 is 0 Å². The molecular weight excluding hydrogens is 562 g/mol. The Balaban J connectivity index is 0.00000400. The Bertz CT molecular complexity index is 1650. The van der Waals surface area contributed by atoms with E-state index < -0.39 is 0 Å². The van der Waals surface area contributed by atoms with Crippen LogP contribution in [0.2, 0.25) is 0 Å². The Labute approximate surface area is 256 Å². The maximum Gasteiger partial charge on any atom is 0.291 e. The highest BCUT2D eigenvalue weighted by molar-refractivity contribution is 5.91. The van der Waals surface area contributed by atoms with Crippen LogP contribution in [-0.4, -0.2) is 95.2 Å². The number of oxazole rings is 1. The molecule has 1 aromatic carbocycles. The topological polar surface area (TPSA) is 146 Å². The average Bonchev–Trinajstić information content (AvgIpc) is 3.61. The van der Waals surface area contributed by atoms with Crippen LogP contribution in [-0.2, 0) is 0 Å². The number of nitriles is 1. The highest BCUT2D eigenvalue weighted by atomic mass is 16.5. The lowest BCUT2D eigenvalue weighted by Crippen LogP contribution is -2.44. The average molecular weight is 598 g/mol. The summed E-state index contributed by atoms with van der Waals surface area (Å²) in [5, 5.41) is 13.1. The van der Waals surface area contributed by atoms with Gasteiger partial charge in [-0.15, -0.1) is 0 Å². The second-order valence-electron chi connectivity index (χ2n) is 10.7. The minimum absolute atomic E-state index is 0. The van der Waals surface area contributed by atoms with Crippen molar-refractivity contribution in [3.63, 3.8) is 0 Å². The number of rotatable bonds is 8. The number of benzene rings is 1. The lowest BCUT2D eigenvalue weighted by molar-refractivity contribution is 0.0566. The molecular formula is C31H35N9O4. The van der Waals surface area contributed by atoms with Crippen LogP contribution >= 0.6 is 0 Å². The molecule has 3 aromatic heterocycles. The van der Waals surface area contributed by atoms with Crippen molar-refractivity contribution >= 4 is 23.2 Å². The summed E-state index contributed by atoms with van der Waals surface area (Å²) in [6.45, 7) is 4.85. The van der Waals surface area contributed by atoms with E-state index in [1.807, 2.05) is 18.2 Å². The molecule has 0 radical (unpaired) electrons. The van der Waals surface area contributed by atoms with E-state index in [0.717, 1.165) is 37.4 Å². The number of ether oxygens (including phenoxy) is 2. The fourth-order valence-corrected chi connectivity index (χ4v) is 5.37. The number of methoxy groups -OCH3 is 1. The standard InChI is InChI=1S/C31H33N9O4.H2/c1-38-11-13-39(14-12-38)25-4-6-28(37-30(25)42-2)36-29-16-24(34-19-35-29)21-3-5-26(22(15-21)17-32)44-23-7-9-40(10-8-23)31(41)27-18-33-20-43-27;/h3-6,15-16,18-20,23H,7-14H2,1-2H3,(H,34,35,36,37);1H. The highest BCUT2D eigenvalue weighted by Gasteiger charge is 2.27. The molecule has 0 atom stereocenters. The first-order chi connectivity index (χ1) is 21.5. The number of nitrogens with one attached hydrogen (secondary N) is 1. The maximum absolute atomic E-state index is 12.5. The van der Waals surface area contributed by atoms with E-state index in [-0.39, 0.29) is 19.2 Å². The lowest BCUT2D eigenvalue weighted by atomic mass is 10.1. The van der Waals surface area contributed by atoms with Gasteiger partial charge in [0.05, 0.1) is 24.6 Å². The monoisotopic (exact) mass is 597 g/mol. The first-order valence-electron chi connectivity index (χ1n) is 14.5. The Morgan fingerprint density at radius 1 is 1.07 bits per heavy atom. The molecule has 2 aliphatic heterocycles. The van der Waals surface area contributed by atoms with Crippen LogP contribution in [0.25, 0.3) is 11.3 Å². The molecule has 2 saturated heterocycles. The van der Waals surface area contributed by atoms with Gasteiger partial charge in [-0.3, -0.25) is 4.79 Å². The number of likely N-dealkylation sites (N-methyl/N-ethyl adjacent to an activating group) is 1. The van der Waals surface area contributed by atoms with Crippen molar-refractivity contribution in [1.29, 1.82) is 5.26 Å². The van der Waals surface area contributed by atoms with E-state index in [0.29, 0.717) is 60.5 Å². The number of amides is 1. The Morgan fingerprint density at radius 3 is 2.61 bits per heavy atom. The van der Waals surface area contributed by atoms with Crippen LogP contribution in [0, 0.1) is 11.3 Å². The third-order valence-corrected chi connectivity index (χ3v) is 7.86. The van der Waals surface area contributed by atoms with Crippen LogP contribution in [0.15, 0.2) is 59.7 Å². The number of likely N-dealkylation sites (tertiary alicyclic amines) is 1. The summed E-state index contributed by atoms with van der Waals surface area (Å²) in [5.74, 6) is 2.25. The van der Waals surface area contributed by atoms with Crippen molar-refractivity contribution in [2.45, 2.75) is 18.9 Å². The zero-order chi connectivity index (χ0) is 30.5. The molecule has 13 nitrogen and oxygen atoms in total. The van der Waals surface area contributed by atoms with Gasteiger partial charge in [-0.05, 0) is 37.4 Å². The summed E-state index contributed by atoms with van der Waals surface area (Å²) in [4.78, 5) is 36.1. The molecule has 1 N–H and O–H groups in total. The largest absolute Gasteiger partial charge is 0.489 e. The fourth-order valence-electron chi connectivity index (χ4n) is 5.37. The van der Waals surface area contributed by atoms with E-state index in [2.05, 4.69) is 48.2 Å². The van der Waals surface area contributed by atoms with Gasteiger partial charge in [0, 0.05) is 65.2 Å². The zero-order valence-corrected chi connectivity index (χ0v) is 24.6. The number of aromatic nitrogens is 4. The Hall–Kier alpha value is -5.22. The number of anilines is 3. The normalized spacial score (nSPS) is 15.9. The Morgan fingerprint density at radius 2 is 1.89 bits per heavy atom. The molecule has 6 rings (SSSR count). The number of pyridine rings is 1. The van der Waals surface area contributed by atoms with E-state index in [4.69, 9.17) is 13.9 Å². The van der Waals surface area contributed by atoms with Gasteiger partial charge in [0.25, 0.3) is 5.91 Å². The van der Waals surface area contributed by atoms with Gasteiger partial charge < -0.3 is 33.9 Å². The van der Waals surface area contributed by atoms with Crippen molar-refractivity contribution in [2.24, 2.45) is 0 Å². The number of piperazine rings is 1. The highest BCUT2D eigenvalue weighted by Crippen LogP contribution is 2.31. The van der Waals surface area contributed by atoms with E-state index in [9.17, 15) is 10.1 Å². The Kier molecular flexibility index (Phi) is 8.51. The van der Waals surface area contributed by atoms with Gasteiger partial charge >= 0.3 is 0 Å². The van der Waals surface area contributed by atoms with Crippen LogP contribution < -0.4 is 19.7 Å². The molecule has 0 unspecified atom stereocenters. The summed E-state index contributed by atoms with van der Waals surface area (Å²) < 4.78 is 16.9. The minimum Gasteiger partial charge on any atom is -0.489 e. The summed E-state index contributed by atoms with van der Waals surface area (Å²) in [6.07, 6.45) is 5.30. The predicted molar refractivity (Wildman–Crippen MR) is 164 cm³/mol. The third-order valence-electron chi connectivity index (χ3n) is 7.86. The number of piperidine rings is 1. The van der Waals surface area contributed by atoms with Gasteiger partial charge in [-0.1, -0.05) is 0 Å². The van der Waals surface area contributed by atoms with Gasteiger partial charge in [-0.2, -0.15) is 10.2 Å². The molecule has 2 aliphatic rings. The summed E-state index contributed by atoms with van der Waals surface area (Å²) in [6, 6.07) is 13.4. The molecule has 1 amide bonds. The molecule has 0 saturated carbocycles. The number of hydrogen-bond donors (Lipinski definition) is 1. The van der Waals surface area contributed by atoms with Crippen molar-refractivity contribution in [3.8, 4) is 29.0 Å². The second-order valence-corrected chi connectivity index (χ2v) is 10.7. The predicted octanol–water partition coefficient (Wildman–Crippen LogP) is 3.83. The minimum atomic E-state index is -0.181. The summed E-state index contributed by atoms with van der Waals surface area (Å²) in [7, 11) is 3.75. The van der Waals surface area contributed by atoms with Gasteiger partial charge in [0.1, 0.15) is 41.6 Å². The second kappa shape index (κ2) is 13.0. The molecule has 0 spiro atoms. The fraction of sp³-hybridized carbons (Fsp3) is 0.355. The van der Waals surface area contributed by atoms with Gasteiger partial charge in [0.2, 0.25) is 11.6 Å². The molecule has 0 bridgehead atoms. The lowest BCUT2D eigenvalue weighted by Gasteiger charge is -2.34. The maximum atomic E-state index is 12.5. The molecule has 4 aromatic rings. The summed E-state index contributed by atoms with van der Waals surface area (Å²) in [5.41, 5.74) is 2.77. The first-order valence-corrected chi connectivity index (χ1v) is 14.5. The van der Waals surface area contributed by atoms with Crippen molar-refractivity contribution in [1.82, 2.24) is 29.7 Å². The smallest absolute Gasteiger partial charge is 0.291 e. The SMILES string of the molecule is COc1nc(Nc2cc(-c3ccc(OC4CCN(C(=O)c5cnco5)CC4)c(C#N)c3)ncn2)ccc1N1CCN(C)CC1.[HH]. The van der Waals surface area contributed by atoms with Crippen LogP contribution in [0.4, 0.5) is 17.3 Å². The van der Waals surface area contributed by atoms with Gasteiger partial charge in [-0.25, -0.2) is 15.0 Å². The number of hydrogen-bond acceptors (Lipinski definition) is 12. The quantitative estimate of drug-likeness (QED) is 0.315. The molecule has 44 heavy (non-hydrogen) atoms. The molecule has 228 valence electrons. The third kappa shape index (κ3) is 6.40. The number of carbonyl (C=O) groups is 1. The number of nitrogens with zero attached hydrogens (tertiary/aromatic N) is 8. The van der Waals surface area contributed by atoms with E-state index in [1.165, 1.54) is 18.9 Å². The summed E-state index contributed by atoms with van der Waals surface area (Å²) >= 11 is 0. The first kappa shape index (κ1) is 28.9. The molecule has 0 aliphatic carbocycles. The van der Waals surface area contributed by atoms with Crippen LogP contribution in [0.5, 0.6) is 11.6 Å². The van der Waals surface area contributed by atoms with Crippen molar-refractivity contribution in [3.05, 3.63) is 66.6 Å². The van der Waals surface area contributed by atoms with E-state index in [1.54, 1.807) is 30.2 Å². The van der Waals surface area contributed by atoms with Crippen molar-refractivity contribution < 1.29 is 20.1 Å². The van der Waals surface area contributed by atoms with Crippen LogP contribution in [0.3, 0.4) is 0 Å². The molecule has 5 heterocycles. The zero-order valence-electron chi connectivity index (χ0n) is 24.6. The molecule has 2 fully saturated rings. The van der Waals surface area contributed by atoms with Crippen LogP contribution in [0.1, 0.15) is 30.4 Å².